The van der Waals surface area contributed by atoms with E-state index in [4.69, 9.17) is 16.7 Å². The van der Waals surface area contributed by atoms with Crippen LogP contribution in [0.3, 0.4) is 0 Å². The van der Waals surface area contributed by atoms with Crippen molar-refractivity contribution in [3.63, 3.8) is 0 Å². The maximum atomic E-state index is 9.06. The smallest absolute Gasteiger partial charge is 0.0716 e. The molecule has 1 aromatic rings. The van der Waals surface area contributed by atoms with E-state index in [0.717, 1.165) is 5.56 Å². The molecule has 0 bridgehead atoms. The number of alkyl halides is 1. The second-order valence-electron chi connectivity index (χ2n) is 2.12. The number of H-pyrrole nitrogens is 1. The molecule has 0 aromatic carbocycles. The van der Waals surface area contributed by atoms with Gasteiger partial charge < -0.3 is 5.11 Å². The Morgan fingerprint density at radius 1 is 1.67 bits per heavy atom. The molecule has 70 valence electrons. The van der Waals surface area contributed by atoms with Gasteiger partial charge in [-0.2, -0.15) is 5.10 Å². The van der Waals surface area contributed by atoms with Gasteiger partial charge in [0.1, 0.15) is 0 Å². The minimum Gasteiger partial charge on any atom is -0.392 e. The summed E-state index contributed by atoms with van der Waals surface area (Å²) in [6.07, 6.45) is 3.53. The number of aliphatic hydroxyl groups is 1. The fraction of sp³-hybridized carbons (Fsp3) is 0.625. The zero-order valence-electron chi connectivity index (χ0n) is 7.42. The average molecular weight is 191 g/mol. The number of nitrogens with zero attached hydrogens (tertiary/aromatic N) is 1. The summed E-state index contributed by atoms with van der Waals surface area (Å²) < 4.78 is 0. The largest absolute Gasteiger partial charge is 0.392 e. The fourth-order valence-corrected chi connectivity index (χ4v) is 0.825. The van der Waals surface area contributed by atoms with Crippen molar-refractivity contribution in [2.24, 2.45) is 0 Å². The van der Waals surface area contributed by atoms with Crippen molar-refractivity contribution in [1.29, 1.82) is 0 Å². The quantitative estimate of drug-likeness (QED) is 0.712. The van der Waals surface area contributed by atoms with Crippen LogP contribution in [0.25, 0.3) is 0 Å². The zero-order valence-corrected chi connectivity index (χ0v) is 8.17. The summed E-state index contributed by atoms with van der Waals surface area (Å²) >= 11 is 5.39. The van der Waals surface area contributed by atoms with E-state index in [1.165, 1.54) is 0 Å². The molecule has 4 heteroatoms. The van der Waals surface area contributed by atoms with Crippen LogP contribution in [0.2, 0.25) is 0 Å². The number of aromatic amines is 1. The molecule has 1 atom stereocenters. The second-order valence-corrected chi connectivity index (χ2v) is 2.43. The van der Waals surface area contributed by atoms with E-state index in [9.17, 15) is 0 Å². The molecule has 3 nitrogen and oxygen atoms in total. The molecular weight excluding hydrogens is 176 g/mol. The molecule has 0 fully saturated rings. The lowest BCUT2D eigenvalue weighted by molar-refractivity contribution is 0.199. The summed E-state index contributed by atoms with van der Waals surface area (Å²) in [4.78, 5) is 0. The van der Waals surface area contributed by atoms with Gasteiger partial charge in [0.15, 0.2) is 0 Å². The third-order valence-corrected chi connectivity index (χ3v) is 1.56. The molecule has 1 heterocycles. The van der Waals surface area contributed by atoms with Crippen LogP contribution < -0.4 is 0 Å². The molecule has 0 saturated carbocycles. The first-order chi connectivity index (χ1) is 5.83. The van der Waals surface area contributed by atoms with Gasteiger partial charge >= 0.3 is 0 Å². The molecule has 12 heavy (non-hydrogen) atoms. The first-order valence-corrected chi connectivity index (χ1v) is 4.58. The van der Waals surface area contributed by atoms with E-state index in [2.05, 4.69) is 10.2 Å². The molecule has 0 amide bonds. The first kappa shape index (κ1) is 11.5. The van der Waals surface area contributed by atoms with Crippen LogP contribution in [0.4, 0.5) is 0 Å². The molecule has 0 aliphatic heterocycles. The van der Waals surface area contributed by atoms with Gasteiger partial charge in [-0.25, -0.2) is 0 Å². The number of nitrogens with one attached hydrogen (secondary N) is 1. The molecule has 0 aliphatic rings. The lowest BCUT2D eigenvalue weighted by atomic mass is 10.2. The highest BCUT2D eigenvalue weighted by molar-refractivity contribution is 6.18. The third kappa shape index (κ3) is 4.36. The summed E-state index contributed by atoms with van der Waals surface area (Å²) in [6, 6.07) is 0. The van der Waals surface area contributed by atoms with Gasteiger partial charge in [-0.3, -0.25) is 5.10 Å². The standard InChI is InChI=1S/C6H9ClN2O.C2H6/c7-2-6(10)1-5-3-8-9-4-5;1-2/h3-4,6,10H,1-2H2,(H,8,9);1-2H3/t6-;/m1./s1. The van der Waals surface area contributed by atoms with Crippen LogP contribution in [0.5, 0.6) is 0 Å². The van der Waals surface area contributed by atoms with Crippen LogP contribution in [-0.2, 0) is 6.42 Å². The number of rotatable bonds is 3. The minimum atomic E-state index is -0.459. The average Bonchev–Trinajstić information content (AvgIpc) is 2.60. The van der Waals surface area contributed by atoms with Crippen LogP contribution in [-0.4, -0.2) is 27.3 Å². The van der Waals surface area contributed by atoms with Gasteiger partial charge in [0, 0.05) is 18.5 Å². The van der Waals surface area contributed by atoms with Gasteiger partial charge in [0.05, 0.1) is 12.3 Å². The van der Waals surface area contributed by atoms with Gasteiger partial charge in [-0.15, -0.1) is 11.6 Å². The topological polar surface area (TPSA) is 48.9 Å². The van der Waals surface area contributed by atoms with Crippen LogP contribution in [0, 0.1) is 0 Å². The lowest BCUT2D eigenvalue weighted by Gasteiger charge is -2.01. The third-order valence-electron chi connectivity index (χ3n) is 1.20. The Morgan fingerprint density at radius 2 is 2.33 bits per heavy atom. The SMILES string of the molecule is CC.O[C@@H](CCl)Cc1cn[nH]c1. The molecule has 1 aromatic heterocycles. The first-order valence-electron chi connectivity index (χ1n) is 4.04. The summed E-state index contributed by atoms with van der Waals surface area (Å²) in [6.45, 7) is 4.00. The lowest BCUT2D eigenvalue weighted by Crippen LogP contribution is -2.11. The summed E-state index contributed by atoms with van der Waals surface area (Å²) in [5.74, 6) is 0.269. The van der Waals surface area contributed by atoms with Crippen LogP contribution in [0.1, 0.15) is 19.4 Å². The van der Waals surface area contributed by atoms with Crippen molar-refractivity contribution >= 4 is 11.6 Å². The Kier molecular flexibility index (Phi) is 6.81. The maximum Gasteiger partial charge on any atom is 0.0716 e. The number of aromatic nitrogens is 2. The van der Waals surface area contributed by atoms with Gasteiger partial charge in [0.2, 0.25) is 0 Å². The van der Waals surface area contributed by atoms with Crippen molar-refractivity contribution in [1.82, 2.24) is 10.2 Å². The number of hydrogen-bond acceptors (Lipinski definition) is 2. The summed E-state index contributed by atoms with van der Waals surface area (Å²) in [5.41, 5.74) is 0.980. The van der Waals surface area contributed by atoms with Crippen molar-refractivity contribution in [2.75, 3.05) is 5.88 Å². The summed E-state index contributed by atoms with van der Waals surface area (Å²) in [7, 11) is 0. The molecule has 0 aliphatic carbocycles. The Balaban J connectivity index is 0.000000561. The van der Waals surface area contributed by atoms with Crippen LogP contribution in [0.15, 0.2) is 12.4 Å². The van der Waals surface area contributed by atoms with Gasteiger partial charge in [-0.1, -0.05) is 13.8 Å². The highest BCUT2D eigenvalue weighted by Gasteiger charge is 2.03. The minimum absolute atomic E-state index is 0.269. The number of halogens is 1. The van der Waals surface area contributed by atoms with Crippen molar-refractivity contribution in [3.05, 3.63) is 18.0 Å². The van der Waals surface area contributed by atoms with Crippen molar-refractivity contribution in [2.45, 2.75) is 26.4 Å². The predicted molar refractivity (Wildman–Crippen MR) is 50.4 cm³/mol. The molecule has 2 N–H and O–H groups in total. The highest BCUT2D eigenvalue weighted by Crippen LogP contribution is 2.00. The van der Waals surface area contributed by atoms with Gasteiger partial charge in [-0.05, 0) is 5.56 Å². The molecule has 0 spiro atoms. The highest BCUT2D eigenvalue weighted by atomic mass is 35.5. The molecule has 0 radical (unpaired) electrons. The number of hydrogen-bond donors (Lipinski definition) is 2. The predicted octanol–water partition coefficient (Wildman–Crippen LogP) is 1.58. The van der Waals surface area contributed by atoms with E-state index in [1.54, 1.807) is 12.4 Å². The molecule has 0 unspecified atom stereocenters. The van der Waals surface area contributed by atoms with Crippen molar-refractivity contribution < 1.29 is 5.11 Å². The normalized spacial score (nSPS) is 11.7. The Morgan fingerprint density at radius 3 is 2.75 bits per heavy atom. The Labute approximate surface area is 77.8 Å². The van der Waals surface area contributed by atoms with Gasteiger partial charge in [0.25, 0.3) is 0 Å². The van der Waals surface area contributed by atoms with Crippen molar-refractivity contribution in [3.8, 4) is 0 Å². The molecule has 1 rings (SSSR count). The molecular formula is C8H15ClN2O. The fourth-order valence-electron chi connectivity index (χ4n) is 0.716. The van der Waals surface area contributed by atoms with E-state index < -0.39 is 6.10 Å². The van der Waals surface area contributed by atoms with E-state index in [-0.39, 0.29) is 5.88 Å². The zero-order chi connectivity index (χ0) is 9.40. The summed E-state index contributed by atoms with van der Waals surface area (Å²) in [5, 5.41) is 15.4. The van der Waals surface area contributed by atoms with E-state index in [1.807, 2.05) is 13.8 Å². The maximum absolute atomic E-state index is 9.06. The second kappa shape index (κ2) is 7.13. The molecule has 0 saturated heterocycles. The monoisotopic (exact) mass is 190 g/mol. The Hall–Kier alpha value is -0.540. The Bertz CT molecular complexity index is 177. The van der Waals surface area contributed by atoms with E-state index >= 15 is 0 Å². The number of aliphatic hydroxyl groups excluding tert-OH is 1. The van der Waals surface area contributed by atoms with Crippen LogP contribution >= 0.6 is 11.6 Å². The van der Waals surface area contributed by atoms with E-state index in [0.29, 0.717) is 6.42 Å².